The predicted molar refractivity (Wildman–Crippen MR) is 61.8 cm³/mol. The third kappa shape index (κ3) is 2.83. The van der Waals surface area contributed by atoms with E-state index in [1.54, 1.807) is 6.07 Å². The second-order valence-electron chi connectivity index (χ2n) is 3.52. The topological polar surface area (TPSA) is 51.8 Å². The van der Waals surface area contributed by atoms with E-state index in [4.69, 9.17) is 5.73 Å². The second kappa shape index (κ2) is 5.29. The molecule has 0 atom stereocenters. The van der Waals surface area contributed by atoms with Crippen molar-refractivity contribution in [1.82, 2.24) is 10.2 Å². The smallest absolute Gasteiger partial charge is 0.162 e. The van der Waals surface area contributed by atoms with Gasteiger partial charge in [-0.15, -0.1) is 21.5 Å². The van der Waals surface area contributed by atoms with Crippen molar-refractivity contribution in [1.29, 1.82) is 0 Å². The van der Waals surface area contributed by atoms with E-state index in [1.165, 1.54) is 17.4 Å². The van der Waals surface area contributed by atoms with Gasteiger partial charge in [0.1, 0.15) is 10.0 Å². The van der Waals surface area contributed by atoms with Gasteiger partial charge < -0.3 is 5.73 Å². The van der Waals surface area contributed by atoms with Crippen molar-refractivity contribution < 1.29 is 8.78 Å². The van der Waals surface area contributed by atoms with Gasteiger partial charge >= 0.3 is 0 Å². The van der Waals surface area contributed by atoms with Crippen LogP contribution in [0.4, 0.5) is 8.78 Å². The summed E-state index contributed by atoms with van der Waals surface area (Å²) in [4.78, 5) is 0. The van der Waals surface area contributed by atoms with Gasteiger partial charge in [-0.3, -0.25) is 0 Å². The number of nitrogens with two attached hydrogens (primary N) is 1. The Bertz CT molecular complexity index is 513. The molecule has 0 radical (unpaired) electrons. The van der Waals surface area contributed by atoms with E-state index in [9.17, 15) is 8.78 Å². The molecule has 0 unspecified atom stereocenters. The lowest BCUT2D eigenvalue weighted by molar-refractivity contribution is 0.500. The molecule has 0 spiro atoms. The lowest BCUT2D eigenvalue weighted by Crippen LogP contribution is -2.01. The summed E-state index contributed by atoms with van der Waals surface area (Å²) in [6.07, 6.45) is 0.912. The van der Waals surface area contributed by atoms with Gasteiger partial charge in [-0.05, 0) is 18.2 Å². The SMILES string of the molecule is NCCc1nnc(Cc2cccc(F)c2F)s1. The van der Waals surface area contributed by atoms with Crippen LogP contribution in [0.3, 0.4) is 0 Å². The number of nitrogens with zero attached hydrogens (tertiary/aromatic N) is 2. The molecule has 2 rings (SSSR count). The Morgan fingerprint density at radius 2 is 1.94 bits per heavy atom. The average molecular weight is 255 g/mol. The molecule has 1 aromatic carbocycles. The fraction of sp³-hybridized carbons (Fsp3) is 0.273. The molecule has 17 heavy (non-hydrogen) atoms. The molecule has 0 aliphatic carbocycles. The molecule has 0 amide bonds. The van der Waals surface area contributed by atoms with Crippen LogP contribution >= 0.6 is 11.3 Å². The van der Waals surface area contributed by atoms with E-state index in [-0.39, 0.29) is 6.42 Å². The highest BCUT2D eigenvalue weighted by Gasteiger charge is 2.11. The van der Waals surface area contributed by atoms with E-state index in [2.05, 4.69) is 10.2 Å². The van der Waals surface area contributed by atoms with Crippen LogP contribution in [-0.4, -0.2) is 16.7 Å². The van der Waals surface area contributed by atoms with Gasteiger partial charge in [-0.25, -0.2) is 8.78 Å². The minimum atomic E-state index is -0.839. The second-order valence-corrected chi connectivity index (χ2v) is 4.66. The van der Waals surface area contributed by atoms with Crippen molar-refractivity contribution in [3.63, 3.8) is 0 Å². The molecular weight excluding hydrogens is 244 g/mol. The minimum Gasteiger partial charge on any atom is -0.330 e. The fourth-order valence-corrected chi connectivity index (χ4v) is 2.32. The molecule has 1 heterocycles. The maximum absolute atomic E-state index is 13.4. The molecule has 0 aliphatic rings. The van der Waals surface area contributed by atoms with Gasteiger partial charge in [0.15, 0.2) is 11.6 Å². The van der Waals surface area contributed by atoms with Crippen molar-refractivity contribution >= 4 is 11.3 Å². The van der Waals surface area contributed by atoms with Crippen molar-refractivity contribution in [2.75, 3.05) is 6.54 Å². The highest BCUT2D eigenvalue weighted by Crippen LogP contribution is 2.18. The monoisotopic (exact) mass is 255 g/mol. The summed E-state index contributed by atoms with van der Waals surface area (Å²) in [6, 6.07) is 4.12. The number of hydrogen-bond donors (Lipinski definition) is 1. The third-order valence-corrected chi connectivity index (χ3v) is 3.22. The van der Waals surface area contributed by atoms with Gasteiger partial charge in [0.2, 0.25) is 0 Å². The molecule has 1 aromatic heterocycles. The van der Waals surface area contributed by atoms with E-state index in [1.807, 2.05) is 0 Å². The molecule has 3 nitrogen and oxygen atoms in total. The number of rotatable bonds is 4. The zero-order valence-corrected chi connectivity index (χ0v) is 9.81. The number of hydrogen-bond acceptors (Lipinski definition) is 4. The Balaban J connectivity index is 2.16. The van der Waals surface area contributed by atoms with Crippen LogP contribution in [0.5, 0.6) is 0 Å². The van der Waals surface area contributed by atoms with Crippen LogP contribution in [0.2, 0.25) is 0 Å². The van der Waals surface area contributed by atoms with Crippen molar-refractivity contribution in [3.8, 4) is 0 Å². The zero-order valence-electron chi connectivity index (χ0n) is 8.99. The Labute approximate surface area is 101 Å². The maximum atomic E-state index is 13.4. The summed E-state index contributed by atoms with van der Waals surface area (Å²) in [5.41, 5.74) is 5.69. The fourth-order valence-electron chi connectivity index (χ4n) is 1.43. The molecule has 0 fully saturated rings. The minimum absolute atomic E-state index is 0.256. The molecule has 0 bridgehead atoms. The lowest BCUT2D eigenvalue weighted by atomic mass is 10.1. The molecule has 2 aromatic rings. The van der Waals surface area contributed by atoms with Crippen molar-refractivity contribution in [2.24, 2.45) is 5.73 Å². The summed E-state index contributed by atoms with van der Waals surface area (Å²) in [6.45, 7) is 0.503. The van der Waals surface area contributed by atoms with E-state index >= 15 is 0 Å². The van der Waals surface area contributed by atoms with Crippen LogP contribution in [-0.2, 0) is 12.8 Å². The maximum Gasteiger partial charge on any atom is 0.162 e. The molecule has 0 aliphatic heterocycles. The summed E-state index contributed by atoms with van der Waals surface area (Å²) >= 11 is 1.38. The lowest BCUT2D eigenvalue weighted by Gasteiger charge is -2.00. The van der Waals surface area contributed by atoms with Gasteiger partial charge in [-0.2, -0.15) is 0 Å². The molecule has 6 heteroatoms. The summed E-state index contributed by atoms with van der Waals surface area (Å²) in [5, 5.41) is 9.33. The third-order valence-electron chi connectivity index (χ3n) is 2.24. The summed E-state index contributed by atoms with van der Waals surface area (Å²) < 4.78 is 26.4. The average Bonchev–Trinajstić information content (AvgIpc) is 2.73. The molecular formula is C11H11F2N3S. The van der Waals surface area contributed by atoms with Gasteiger partial charge in [0, 0.05) is 12.8 Å². The quantitative estimate of drug-likeness (QED) is 0.908. The van der Waals surface area contributed by atoms with Crippen LogP contribution in [0.1, 0.15) is 15.6 Å². The molecule has 2 N–H and O–H groups in total. The Morgan fingerprint density at radius 1 is 1.18 bits per heavy atom. The Kier molecular flexibility index (Phi) is 3.75. The molecule has 0 saturated heterocycles. The zero-order chi connectivity index (χ0) is 12.3. The van der Waals surface area contributed by atoms with Crippen LogP contribution in [0, 0.1) is 11.6 Å². The van der Waals surface area contributed by atoms with E-state index in [0.29, 0.717) is 23.5 Å². The Morgan fingerprint density at radius 3 is 2.71 bits per heavy atom. The predicted octanol–water partition coefficient (Wildman–Crippen LogP) is 1.91. The Hall–Kier alpha value is -1.40. The molecule has 0 saturated carbocycles. The first kappa shape index (κ1) is 12.1. The van der Waals surface area contributed by atoms with E-state index < -0.39 is 11.6 Å². The first-order valence-electron chi connectivity index (χ1n) is 5.15. The standard InChI is InChI=1S/C11H11F2N3S/c12-8-3-1-2-7(11(8)13)6-10-16-15-9(17-10)4-5-14/h1-3H,4-6,14H2. The van der Waals surface area contributed by atoms with Crippen LogP contribution < -0.4 is 5.73 Å². The number of benzene rings is 1. The number of halogens is 2. The normalized spacial score (nSPS) is 10.8. The van der Waals surface area contributed by atoms with Gasteiger partial charge in [0.25, 0.3) is 0 Å². The van der Waals surface area contributed by atoms with Crippen LogP contribution in [0.25, 0.3) is 0 Å². The first-order chi connectivity index (χ1) is 8.20. The van der Waals surface area contributed by atoms with Crippen molar-refractivity contribution in [3.05, 3.63) is 45.4 Å². The van der Waals surface area contributed by atoms with Crippen molar-refractivity contribution in [2.45, 2.75) is 12.8 Å². The number of aromatic nitrogens is 2. The van der Waals surface area contributed by atoms with Crippen LogP contribution in [0.15, 0.2) is 18.2 Å². The molecule has 90 valence electrons. The van der Waals surface area contributed by atoms with E-state index in [0.717, 1.165) is 11.1 Å². The summed E-state index contributed by atoms with van der Waals surface area (Å²) in [5.74, 6) is -1.66. The van der Waals surface area contributed by atoms with Gasteiger partial charge in [-0.1, -0.05) is 12.1 Å². The highest BCUT2D eigenvalue weighted by molar-refractivity contribution is 7.11. The summed E-state index contributed by atoms with van der Waals surface area (Å²) in [7, 11) is 0. The first-order valence-corrected chi connectivity index (χ1v) is 5.96. The van der Waals surface area contributed by atoms with Gasteiger partial charge in [0.05, 0.1) is 0 Å². The highest BCUT2D eigenvalue weighted by atomic mass is 32.1. The largest absolute Gasteiger partial charge is 0.330 e.